The van der Waals surface area contributed by atoms with Gasteiger partial charge in [-0.2, -0.15) is 26.3 Å². The van der Waals surface area contributed by atoms with Crippen molar-refractivity contribution in [3.63, 3.8) is 0 Å². The smallest absolute Gasteiger partial charge is 0.416 e. The van der Waals surface area contributed by atoms with Crippen LogP contribution in [0.2, 0.25) is 0 Å². The zero-order valence-electron chi connectivity index (χ0n) is 11.4. The summed E-state index contributed by atoms with van der Waals surface area (Å²) < 4.78 is 81.8. The number of alkyl halides is 6. The van der Waals surface area contributed by atoms with Crippen molar-refractivity contribution in [3.8, 4) is 5.75 Å². The van der Waals surface area contributed by atoms with E-state index in [9.17, 15) is 26.3 Å². The standard InChI is InChI=1S/C12H14F6N2O.ClH/c1-21-9-5-6(11(13,14)15)4-7(12(16,17)18)10(9)8(20)2-3-19;/h4-5,8H,2-3,19-20H2,1H3;1H/t8-;/m1./s1. The van der Waals surface area contributed by atoms with Gasteiger partial charge < -0.3 is 16.2 Å². The maximum Gasteiger partial charge on any atom is 0.416 e. The van der Waals surface area contributed by atoms with E-state index in [1.807, 2.05) is 0 Å². The number of rotatable bonds is 4. The quantitative estimate of drug-likeness (QED) is 0.815. The molecule has 128 valence electrons. The summed E-state index contributed by atoms with van der Waals surface area (Å²) in [4.78, 5) is 0. The largest absolute Gasteiger partial charge is 0.496 e. The minimum atomic E-state index is -4.99. The second-order valence-corrected chi connectivity index (χ2v) is 4.32. The van der Waals surface area contributed by atoms with Crippen LogP contribution >= 0.6 is 12.4 Å². The monoisotopic (exact) mass is 352 g/mol. The van der Waals surface area contributed by atoms with Gasteiger partial charge in [-0.1, -0.05) is 0 Å². The van der Waals surface area contributed by atoms with Crippen LogP contribution in [-0.4, -0.2) is 13.7 Å². The molecule has 0 aliphatic carbocycles. The average Bonchev–Trinajstić information content (AvgIpc) is 2.35. The van der Waals surface area contributed by atoms with Gasteiger partial charge in [-0.3, -0.25) is 0 Å². The Morgan fingerprint density at radius 2 is 1.64 bits per heavy atom. The zero-order valence-corrected chi connectivity index (χ0v) is 12.2. The van der Waals surface area contributed by atoms with E-state index in [4.69, 9.17) is 11.5 Å². The van der Waals surface area contributed by atoms with Crippen molar-refractivity contribution in [2.75, 3.05) is 13.7 Å². The Morgan fingerprint density at radius 1 is 1.09 bits per heavy atom. The molecule has 0 spiro atoms. The Labute approximate surface area is 129 Å². The highest BCUT2D eigenvalue weighted by Crippen LogP contribution is 2.43. The van der Waals surface area contributed by atoms with Crippen molar-refractivity contribution < 1.29 is 31.1 Å². The van der Waals surface area contributed by atoms with Gasteiger partial charge in [0.15, 0.2) is 0 Å². The molecule has 0 bridgehead atoms. The lowest BCUT2D eigenvalue weighted by molar-refractivity contribution is -0.143. The Bertz CT molecular complexity index is 504. The third-order valence-electron chi connectivity index (χ3n) is 2.84. The highest BCUT2D eigenvalue weighted by atomic mass is 35.5. The average molecular weight is 353 g/mol. The predicted octanol–water partition coefficient (Wildman–Crippen LogP) is 3.50. The third-order valence-corrected chi connectivity index (χ3v) is 2.84. The van der Waals surface area contributed by atoms with Crippen LogP contribution in [0.5, 0.6) is 5.75 Å². The molecule has 1 rings (SSSR count). The third kappa shape index (κ3) is 4.65. The summed E-state index contributed by atoms with van der Waals surface area (Å²) in [7, 11) is 0.980. The maximum atomic E-state index is 13.0. The lowest BCUT2D eigenvalue weighted by atomic mass is 9.94. The fourth-order valence-corrected chi connectivity index (χ4v) is 1.90. The van der Waals surface area contributed by atoms with Crippen molar-refractivity contribution in [2.45, 2.75) is 24.8 Å². The van der Waals surface area contributed by atoms with Gasteiger partial charge in [0.2, 0.25) is 0 Å². The summed E-state index contributed by atoms with van der Waals surface area (Å²) in [6.45, 7) is -0.0113. The molecule has 22 heavy (non-hydrogen) atoms. The number of benzene rings is 1. The number of methoxy groups -OCH3 is 1. The van der Waals surface area contributed by atoms with E-state index in [0.717, 1.165) is 7.11 Å². The first-order valence-corrected chi connectivity index (χ1v) is 5.84. The second-order valence-electron chi connectivity index (χ2n) is 4.32. The molecule has 0 aromatic heterocycles. The van der Waals surface area contributed by atoms with Crippen LogP contribution < -0.4 is 16.2 Å². The van der Waals surface area contributed by atoms with Crippen molar-refractivity contribution in [2.24, 2.45) is 11.5 Å². The van der Waals surface area contributed by atoms with Crippen molar-refractivity contribution in [3.05, 3.63) is 28.8 Å². The van der Waals surface area contributed by atoms with Crippen LogP contribution in [0.1, 0.15) is 29.2 Å². The molecule has 1 aromatic carbocycles. The molecule has 0 amide bonds. The van der Waals surface area contributed by atoms with Gasteiger partial charge in [-0.25, -0.2) is 0 Å². The van der Waals surface area contributed by atoms with Crippen molar-refractivity contribution >= 4 is 12.4 Å². The van der Waals surface area contributed by atoms with Crippen molar-refractivity contribution in [1.82, 2.24) is 0 Å². The van der Waals surface area contributed by atoms with Gasteiger partial charge in [0.1, 0.15) is 5.75 Å². The van der Waals surface area contributed by atoms with Gasteiger partial charge in [-0.15, -0.1) is 12.4 Å². The molecule has 0 unspecified atom stereocenters. The second kappa shape index (κ2) is 7.38. The van der Waals surface area contributed by atoms with Gasteiger partial charge in [0.25, 0.3) is 0 Å². The molecule has 0 fully saturated rings. The fourth-order valence-electron chi connectivity index (χ4n) is 1.90. The normalized spacial score (nSPS) is 13.5. The van der Waals surface area contributed by atoms with Crippen LogP contribution in [0.4, 0.5) is 26.3 Å². The number of halogens is 7. The topological polar surface area (TPSA) is 61.3 Å². The first-order chi connectivity index (χ1) is 9.52. The number of nitrogens with two attached hydrogens (primary N) is 2. The SMILES string of the molecule is COc1cc(C(F)(F)F)cc(C(F)(F)F)c1[C@H](N)CCN.Cl. The molecular weight excluding hydrogens is 338 g/mol. The summed E-state index contributed by atoms with van der Waals surface area (Å²) >= 11 is 0. The highest BCUT2D eigenvalue weighted by Gasteiger charge is 2.40. The lowest BCUT2D eigenvalue weighted by Crippen LogP contribution is -2.22. The predicted molar refractivity (Wildman–Crippen MR) is 70.8 cm³/mol. The van der Waals surface area contributed by atoms with Crippen LogP contribution in [0.15, 0.2) is 12.1 Å². The lowest BCUT2D eigenvalue weighted by Gasteiger charge is -2.22. The first kappa shape index (κ1) is 20.8. The van der Waals surface area contributed by atoms with Gasteiger partial charge in [0, 0.05) is 11.6 Å². The Morgan fingerprint density at radius 3 is 2.00 bits per heavy atom. The fraction of sp³-hybridized carbons (Fsp3) is 0.500. The molecular formula is C12H15ClF6N2O. The van der Waals surface area contributed by atoms with Gasteiger partial charge in [-0.05, 0) is 25.1 Å². The van der Waals surface area contributed by atoms with E-state index in [1.165, 1.54) is 0 Å². The van der Waals surface area contributed by atoms with E-state index in [0.29, 0.717) is 6.07 Å². The Hall–Kier alpha value is -1.19. The maximum absolute atomic E-state index is 13.0. The number of ether oxygens (including phenoxy) is 1. The summed E-state index contributed by atoms with van der Waals surface area (Å²) in [5.41, 5.74) is 7.40. The van der Waals surface area contributed by atoms with Gasteiger partial charge in [0.05, 0.1) is 18.2 Å². The zero-order chi connectivity index (χ0) is 16.4. The molecule has 0 radical (unpaired) electrons. The molecule has 3 nitrogen and oxygen atoms in total. The molecule has 1 atom stereocenters. The molecule has 1 aromatic rings. The van der Waals surface area contributed by atoms with Gasteiger partial charge >= 0.3 is 12.4 Å². The molecule has 10 heteroatoms. The molecule has 0 aliphatic rings. The van der Waals surface area contributed by atoms with E-state index in [2.05, 4.69) is 4.74 Å². The van der Waals surface area contributed by atoms with Crippen LogP contribution in [0.25, 0.3) is 0 Å². The summed E-state index contributed by atoms with van der Waals surface area (Å²) in [5.74, 6) is -0.557. The Kier molecular flexibility index (Phi) is 6.98. The van der Waals surface area contributed by atoms with E-state index < -0.39 is 40.8 Å². The van der Waals surface area contributed by atoms with Crippen LogP contribution in [-0.2, 0) is 12.4 Å². The molecule has 4 N–H and O–H groups in total. The molecule has 0 heterocycles. The first-order valence-electron chi connectivity index (χ1n) is 5.84. The van der Waals surface area contributed by atoms with E-state index in [-0.39, 0.29) is 31.4 Å². The summed E-state index contributed by atoms with van der Waals surface area (Å²) in [6, 6.07) is -0.640. The van der Waals surface area contributed by atoms with Crippen LogP contribution in [0.3, 0.4) is 0 Å². The number of hydrogen-bond donors (Lipinski definition) is 2. The number of hydrogen-bond acceptors (Lipinski definition) is 3. The Balaban J connectivity index is 0.00000441. The molecule has 0 saturated carbocycles. The summed E-state index contributed by atoms with van der Waals surface area (Å²) in [6.07, 6.45) is -9.94. The van der Waals surface area contributed by atoms with Crippen LogP contribution in [0, 0.1) is 0 Å². The highest BCUT2D eigenvalue weighted by molar-refractivity contribution is 5.85. The molecule has 0 aliphatic heterocycles. The van der Waals surface area contributed by atoms with E-state index >= 15 is 0 Å². The minimum Gasteiger partial charge on any atom is -0.496 e. The van der Waals surface area contributed by atoms with E-state index in [1.54, 1.807) is 0 Å². The minimum absolute atomic E-state index is 0. The van der Waals surface area contributed by atoms with Crippen molar-refractivity contribution in [1.29, 1.82) is 0 Å². The summed E-state index contributed by atoms with van der Waals surface area (Å²) in [5, 5.41) is 0. The molecule has 0 saturated heterocycles.